The number of allylic oxidation sites excluding steroid dienone is 4. The summed E-state index contributed by atoms with van der Waals surface area (Å²) in [5.74, 6) is 1.16. The van der Waals surface area contributed by atoms with Crippen LogP contribution in [-0.2, 0) is 11.2 Å². The Morgan fingerprint density at radius 1 is 1.14 bits per heavy atom. The van der Waals surface area contributed by atoms with Crippen LogP contribution in [0.1, 0.15) is 49.8 Å². The highest BCUT2D eigenvalue weighted by Gasteiger charge is 2.28. The van der Waals surface area contributed by atoms with Gasteiger partial charge in [-0.15, -0.1) is 4.91 Å². The van der Waals surface area contributed by atoms with Gasteiger partial charge in [0.25, 0.3) is 0 Å². The first-order chi connectivity index (χ1) is 17.0. The van der Waals surface area contributed by atoms with E-state index in [4.69, 9.17) is 9.47 Å². The van der Waals surface area contributed by atoms with E-state index in [1.165, 1.54) is 0 Å². The van der Waals surface area contributed by atoms with Gasteiger partial charge in [0, 0.05) is 5.56 Å². The number of nitroso groups, excluding NO2 is 2. The number of benzene rings is 2. The molecule has 0 saturated carbocycles. The number of fused-ring (bicyclic) bond motifs is 1. The molecule has 6 heteroatoms. The van der Waals surface area contributed by atoms with Gasteiger partial charge in [-0.25, -0.2) is 0 Å². The van der Waals surface area contributed by atoms with E-state index in [-0.39, 0.29) is 12.0 Å². The minimum absolute atomic E-state index is 0.306. The zero-order valence-corrected chi connectivity index (χ0v) is 20.9. The Balaban J connectivity index is 2.47. The smallest absolute Gasteiger partial charge is 0.123 e. The van der Waals surface area contributed by atoms with Crippen LogP contribution in [0.4, 0.5) is 5.69 Å². The van der Waals surface area contributed by atoms with Gasteiger partial charge in [-0.1, -0.05) is 53.3 Å². The van der Waals surface area contributed by atoms with E-state index in [1.807, 2.05) is 81.5 Å². The molecule has 35 heavy (non-hydrogen) atoms. The molecule has 1 aliphatic rings. The summed E-state index contributed by atoms with van der Waals surface area (Å²) in [4.78, 5) is 22.7. The second kappa shape index (κ2) is 12.1. The van der Waals surface area contributed by atoms with Crippen molar-refractivity contribution < 1.29 is 9.47 Å². The summed E-state index contributed by atoms with van der Waals surface area (Å²) in [6, 6.07) is 9.07. The Morgan fingerprint density at radius 3 is 2.57 bits per heavy atom. The molecule has 1 aliphatic carbocycles. The van der Waals surface area contributed by atoms with E-state index < -0.39 is 0 Å². The number of methoxy groups -OCH3 is 2. The molecule has 2 aromatic carbocycles. The zero-order valence-electron chi connectivity index (χ0n) is 20.9. The van der Waals surface area contributed by atoms with Gasteiger partial charge >= 0.3 is 0 Å². The largest absolute Gasteiger partial charge is 0.500 e. The van der Waals surface area contributed by atoms with Crippen molar-refractivity contribution in [3.63, 3.8) is 0 Å². The van der Waals surface area contributed by atoms with E-state index in [1.54, 1.807) is 20.3 Å². The Labute approximate surface area is 206 Å². The summed E-state index contributed by atoms with van der Waals surface area (Å²) in [5, 5.41) is 8.29. The van der Waals surface area contributed by atoms with Crippen molar-refractivity contribution in [1.82, 2.24) is 0 Å². The molecule has 2 unspecified atom stereocenters. The third-order valence-corrected chi connectivity index (χ3v) is 6.45. The van der Waals surface area contributed by atoms with Crippen LogP contribution in [0.15, 0.2) is 70.7 Å². The standard InChI is InChI=1S/C29H32N2O4/c1-6-8-9-20-11-14-23(31-33)18-25(20)19(3)28(26(7-2)34-4)29-24-16-15-22(30-32)13-10-21(24)12-17-27(29)35-5/h6-9,11-12,14-18,22,28H,10,13H2,1-5H3/b8-6-,20-9-,25-19+,26-7-. The molecule has 2 aromatic rings. The predicted octanol–water partition coefficient (Wildman–Crippen LogP) is 6.05. The maximum absolute atomic E-state index is 11.4. The number of ether oxygens (including phenoxy) is 2. The zero-order chi connectivity index (χ0) is 25.4. The van der Waals surface area contributed by atoms with Gasteiger partial charge in [-0.3, -0.25) is 0 Å². The van der Waals surface area contributed by atoms with Gasteiger partial charge in [-0.2, -0.15) is 4.91 Å². The first kappa shape index (κ1) is 25.8. The highest BCUT2D eigenvalue weighted by molar-refractivity contribution is 5.72. The van der Waals surface area contributed by atoms with Crippen molar-refractivity contribution in [2.45, 2.75) is 45.6 Å². The van der Waals surface area contributed by atoms with E-state index in [0.29, 0.717) is 12.1 Å². The van der Waals surface area contributed by atoms with Crippen molar-refractivity contribution in [2.24, 2.45) is 10.4 Å². The van der Waals surface area contributed by atoms with Crippen molar-refractivity contribution in [1.29, 1.82) is 0 Å². The van der Waals surface area contributed by atoms with Gasteiger partial charge in [0.05, 0.1) is 20.1 Å². The first-order valence-corrected chi connectivity index (χ1v) is 11.7. The molecule has 0 fully saturated rings. The van der Waals surface area contributed by atoms with Crippen LogP contribution < -0.4 is 15.2 Å². The lowest BCUT2D eigenvalue weighted by molar-refractivity contribution is 0.273. The van der Waals surface area contributed by atoms with Crippen LogP contribution in [0.2, 0.25) is 0 Å². The van der Waals surface area contributed by atoms with E-state index in [9.17, 15) is 9.81 Å². The maximum atomic E-state index is 11.4. The second-order valence-corrected chi connectivity index (χ2v) is 8.39. The molecule has 6 nitrogen and oxygen atoms in total. The number of hydrogen-bond donors (Lipinski definition) is 0. The SMILES string of the molecule is C\C=C/C=c1/ccc(N=O)c/c1=C(/C)C(/C(=C/C)OC)c1c(OC)ccc2c1C=CC(N=O)CC2. The summed E-state index contributed by atoms with van der Waals surface area (Å²) in [6.45, 7) is 5.93. The van der Waals surface area contributed by atoms with Crippen molar-refractivity contribution in [3.05, 3.63) is 97.3 Å². The summed E-state index contributed by atoms with van der Waals surface area (Å²) in [7, 11) is 3.31. The summed E-state index contributed by atoms with van der Waals surface area (Å²) in [5.41, 5.74) is 4.41. The molecule has 0 amide bonds. The third-order valence-electron chi connectivity index (χ3n) is 6.45. The number of rotatable bonds is 8. The molecule has 0 spiro atoms. The van der Waals surface area contributed by atoms with E-state index >= 15 is 0 Å². The maximum Gasteiger partial charge on any atom is 0.123 e. The van der Waals surface area contributed by atoms with Crippen LogP contribution in [-0.4, -0.2) is 20.3 Å². The van der Waals surface area contributed by atoms with Crippen LogP contribution in [0.25, 0.3) is 17.7 Å². The molecule has 0 aliphatic heterocycles. The highest BCUT2D eigenvalue weighted by atomic mass is 16.5. The van der Waals surface area contributed by atoms with Crippen LogP contribution in [0.3, 0.4) is 0 Å². The molecule has 0 saturated heterocycles. The summed E-state index contributed by atoms with van der Waals surface area (Å²) in [6.07, 6.45) is 13.1. The molecule has 0 bridgehead atoms. The molecule has 182 valence electrons. The van der Waals surface area contributed by atoms with Crippen LogP contribution >= 0.6 is 0 Å². The second-order valence-electron chi connectivity index (χ2n) is 8.39. The van der Waals surface area contributed by atoms with Gasteiger partial charge in [0.2, 0.25) is 0 Å². The molecule has 2 atom stereocenters. The van der Waals surface area contributed by atoms with Crippen molar-refractivity contribution >= 4 is 23.4 Å². The molecule has 0 N–H and O–H groups in total. The van der Waals surface area contributed by atoms with Crippen molar-refractivity contribution in [3.8, 4) is 5.75 Å². The predicted molar refractivity (Wildman–Crippen MR) is 143 cm³/mol. The van der Waals surface area contributed by atoms with Gasteiger partial charge in [0.1, 0.15) is 23.2 Å². The fraction of sp³-hybridized carbons (Fsp3) is 0.310. The molecule has 3 rings (SSSR count). The van der Waals surface area contributed by atoms with Crippen molar-refractivity contribution in [2.75, 3.05) is 14.2 Å². The molecule has 0 radical (unpaired) electrons. The van der Waals surface area contributed by atoms with Gasteiger partial charge in [0.15, 0.2) is 0 Å². The van der Waals surface area contributed by atoms with Crippen LogP contribution in [0, 0.1) is 9.81 Å². The van der Waals surface area contributed by atoms with E-state index in [2.05, 4.69) is 10.4 Å². The first-order valence-electron chi connectivity index (χ1n) is 11.7. The Bertz CT molecular complexity index is 1300. The number of aryl methyl sites for hydroxylation is 1. The normalized spacial score (nSPS) is 18.0. The Hall–Kier alpha value is -3.80. The lowest BCUT2D eigenvalue weighted by atomic mass is 9.82. The lowest BCUT2D eigenvalue weighted by Gasteiger charge is -2.26. The lowest BCUT2D eigenvalue weighted by Crippen LogP contribution is -2.28. The van der Waals surface area contributed by atoms with Gasteiger partial charge in [-0.05, 0) is 84.6 Å². The quantitative estimate of drug-likeness (QED) is 0.346. The number of nitrogens with zero attached hydrogens (tertiary/aromatic N) is 2. The molecule has 0 heterocycles. The third kappa shape index (κ3) is 5.48. The molecular weight excluding hydrogens is 440 g/mol. The summed E-state index contributed by atoms with van der Waals surface area (Å²) < 4.78 is 11.7. The minimum atomic E-state index is -0.370. The fourth-order valence-electron chi connectivity index (χ4n) is 4.66. The van der Waals surface area contributed by atoms with E-state index in [0.717, 1.165) is 50.6 Å². The Kier molecular flexibility index (Phi) is 8.90. The minimum Gasteiger partial charge on any atom is -0.500 e. The van der Waals surface area contributed by atoms with Crippen LogP contribution in [0.5, 0.6) is 5.75 Å². The fourth-order valence-corrected chi connectivity index (χ4v) is 4.66. The van der Waals surface area contributed by atoms with Gasteiger partial charge < -0.3 is 9.47 Å². The molecule has 0 aromatic heterocycles. The Morgan fingerprint density at radius 2 is 1.94 bits per heavy atom. The highest BCUT2D eigenvalue weighted by Crippen LogP contribution is 2.42. The molecular formula is C29H32N2O4. The number of hydrogen-bond acceptors (Lipinski definition) is 6. The average Bonchev–Trinajstić information content (AvgIpc) is 3.12. The monoisotopic (exact) mass is 472 g/mol. The summed E-state index contributed by atoms with van der Waals surface area (Å²) >= 11 is 0. The topological polar surface area (TPSA) is 77.3 Å². The average molecular weight is 473 g/mol.